The highest BCUT2D eigenvalue weighted by Gasteiger charge is 2.13. The quantitative estimate of drug-likeness (QED) is 0.465. The number of nitrogens with one attached hydrogen (secondary N) is 2. The minimum absolute atomic E-state index is 0.278. The van der Waals surface area contributed by atoms with E-state index >= 15 is 0 Å². The van der Waals surface area contributed by atoms with Crippen LogP contribution in [0.4, 0.5) is 0 Å². The van der Waals surface area contributed by atoms with Gasteiger partial charge in [-0.15, -0.1) is 0 Å². The van der Waals surface area contributed by atoms with E-state index in [0.29, 0.717) is 25.7 Å². The molecule has 0 saturated carbocycles. The summed E-state index contributed by atoms with van der Waals surface area (Å²) in [7, 11) is 1.75. The molecule has 0 bridgehead atoms. The second-order valence-corrected chi connectivity index (χ2v) is 6.72. The number of aliphatic imine (C=N–C) groups is 1. The number of hydrogen-bond acceptors (Lipinski definition) is 5. The maximum absolute atomic E-state index is 5.85. The lowest BCUT2D eigenvalue weighted by Gasteiger charge is -2.13. The third-order valence-corrected chi connectivity index (χ3v) is 4.59. The predicted molar refractivity (Wildman–Crippen MR) is 115 cm³/mol. The Bertz CT molecular complexity index is 1010. The average molecular weight is 404 g/mol. The van der Waals surface area contributed by atoms with Crippen LogP contribution in [0.5, 0.6) is 17.2 Å². The van der Waals surface area contributed by atoms with Crippen molar-refractivity contribution in [3.63, 3.8) is 0 Å². The molecule has 0 fully saturated rings. The molecule has 1 aliphatic rings. The summed E-state index contributed by atoms with van der Waals surface area (Å²) < 4.78 is 16.6. The lowest BCUT2D eigenvalue weighted by molar-refractivity contribution is 0.174. The maximum atomic E-state index is 5.85. The third kappa shape index (κ3) is 5.20. The van der Waals surface area contributed by atoms with E-state index in [-0.39, 0.29) is 6.79 Å². The maximum Gasteiger partial charge on any atom is 0.231 e. The molecule has 2 N–H and O–H groups in total. The number of pyridine rings is 1. The summed E-state index contributed by atoms with van der Waals surface area (Å²) in [6.45, 7) is 1.97. The van der Waals surface area contributed by atoms with Gasteiger partial charge in [0.2, 0.25) is 6.79 Å². The molecule has 0 atom stereocenters. The van der Waals surface area contributed by atoms with E-state index in [9.17, 15) is 0 Å². The van der Waals surface area contributed by atoms with Gasteiger partial charge < -0.3 is 24.8 Å². The summed E-state index contributed by atoms with van der Waals surface area (Å²) in [4.78, 5) is 8.56. The van der Waals surface area contributed by atoms with Crippen molar-refractivity contribution in [3.05, 3.63) is 83.7 Å². The van der Waals surface area contributed by atoms with Gasteiger partial charge in [-0.05, 0) is 47.5 Å². The minimum atomic E-state index is 0.278. The monoisotopic (exact) mass is 404 g/mol. The van der Waals surface area contributed by atoms with E-state index in [1.165, 1.54) is 0 Å². The molecule has 7 nitrogen and oxygen atoms in total. The van der Waals surface area contributed by atoms with Gasteiger partial charge in [0, 0.05) is 26.3 Å². The second kappa shape index (κ2) is 9.65. The van der Waals surface area contributed by atoms with Crippen molar-refractivity contribution in [2.75, 3.05) is 13.8 Å². The van der Waals surface area contributed by atoms with Crippen molar-refractivity contribution >= 4 is 5.96 Å². The number of hydrogen-bond donors (Lipinski definition) is 2. The molecule has 1 aromatic heterocycles. The predicted octanol–water partition coefficient (Wildman–Crippen LogP) is 3.25. The van der Waals surface area contributed by atoms with Crippen molar-refractivity contribution in [2.24, 2.45) is 4.99 Å². The number of aromatic nitrogens is 1. The highest BCUT2D eigenvalue weighted by molar-refractivity contribution is 5.79. The fraction of sp³-hybridized carbons (Fsp3) is 0.217. The molecule has 154 valence electrons. The molecule has 30 heavy (non-hydrogen) atoms. The minimum Gasteiger partial charge on any atom is -0.487 e. The smallest absolute Gasteiger partial charge is 0.231 e. The lowest BCUT2D eigenvalue weighted by Crippen LogP contribution is -2.36. The van der Waals surface area contributed by atoms with E-state index < -0.39 is 0 Å². The van der Waals surface area contributed by atoms with Crippen molar-refractivity contribution < 1.29 is 14.2 Å². The van der Waals surface area contributed by atoms with Crippen molar-refractivity contribution in [2.45, 2.75) is 19.7 Å². The average Bonchev–Trinajstić information content (AvgIpc) is 3.27. The Morgan fingerprint density at radius 2 is 1.80 bits per heavy atom. The Kier molecular flexibility index (Phi) is 6.29. The number of guanidine groups is 1. The molecule has 0 amide bonds. The second-order valence-electron chi connectivity index (χ2n) is 6.72. The first kappa shape index (κ1) is 19.6. The molecule has 7 heteroatoms. The van der Waals surface area contributed by atoms with Crippen LogP contribution in [0.3, 0.4) is 0 Å². The molecule has 0 saturated heterocycles. The van der Waals surface area contributed by atoms with Gasteiger partial charge in [-0.1, -0.05) is 24.3 Å². The highest BCUT2D eigenvalue weighted by atomic mass is 16.7. The van der Waals surface area contributed by atoms with E-state index in [0.717, 1.165) is 34.1 Å². The van der Waals surface area contributed by atoms with Gasteiger partial charge >= 0.3 is 0 Å². The van der Waals surface area contributed by atoms with Crippen molar-refractivity contribution in [1.29, 1.82) is 0 Å². The first-order valence-corrected chi connectivity index (χ1v) is 9.75. The third-order valence-electron chi connectivity index (χ3n) is 4.59. The zero-order valence-electron chi connectivity index (χ0n) is 16.8. The first-order chi connectivity index (χ1) is 14.8. The Morgan fingerprint density at radius 3 is 2.60 bits per heavy atom. The van der Waals surface area contributed by atoms with Crippen LogP contribution < -0.4 is 24.8 Å². The van der Waals surface area contributed by atoms with E-state index in [1.54, 1.807) is 13.2 Å². The SMILES string of the molecule is CN=C(NCc1cccc(OCc2ccccn2)c1)NCc1ccc2c(c1)OCO2. The van der Waals surface area contributed by atoms with Crippen LogP contribution in [-0.4, -0.2) is 24.8 Å². The fourth-order valence-electron chi connectivity index (χ4n) is 3.03. The molecular formula is C23H24N4O3. The van der Waals surface area contributed by atoms with Gasteiger partial charge in [0.15, 0.2) is 17.5 Å². The zero-order chi connectivity index (χ0) is 20.6. The van der Waals surface area contributed by atoms with E-state index in [2.05, 4.69) is 20.6 Å². The molecular weight excluding hydrogens is 380 g/mol. The van der Waals surface area contributed by atoms with Gasteiger partial charge in [-0.25, -0.2) is 0 Å². The van der Waals surface area contributed by atoms with Crippen molar-refractivity contribution in [3.8, 4) is 17.2 Å². The Labute approximate surface area is 175 Å². The molecule has 4 rings (SSSR count). The summed E-state index contributed by atoms with van der Waals surface area (Å²) in [6, 6.07) is 19.7. The topological polar surface area (TPSA) is 77.0 Å². The summed E-state index contributed by atoms with van der Waals surface area (Å²) in [5, 5.41) is 6.64. The number of fused-ring (bicyclic) bond motifs is 1. The zero-order valence-corrected chi connectivity index (χ0v) is 16.8. The van der Waals surface area contributed by atoms with Crippen LogP contribution in [0.25, 0.3) is 0 Å². The van der Waals surface area contributed by atoms with Gasteiger partial charge in [0.05, 0.1) is 5.69 Å². The Hall–Kier alpha value is -3.74. The number of benzene rings is 2. The van der Waals surface area contributed by atoms with Gasteiger partial charge in [0.1, 0.15) is 12.4 Å². The molecule has 2 aromatic carbocycles. The van der Waals surface area contributed by atoms with Crippen molar-refractivity contribution in [1.82, 2.24) is 15.6 Å². The van der Waals surface area contributed by atoms with Crippen LogP contribution in [0, 0.1) is 0 Å². The molecule has 0 spiro atoms. The summed E-state index contributed by atoms with van der Waals surface area (Å²) in [5.41, 5.74) is 3.08. The van der Waals surface area contributed by atoms with E-state index in [4.69, 9.17) is 14.2 Å². The number of rotatable bonds is 7. The Morgan fingerprint density at radius 1 is 0.967 bits per heavy atom. The van der Waals surface area contributed by atoms with Gasteiger partial charge in [-0.2, -0.15) is 0 Å². The van der Waals surface area contributed by atoms with Crippen LogP contribution >= 0.6 is 0 Å². The van der Waals surface area contributed by atoms with Crippen LogP contribution in [-0.2, 0) is 19.7 Å². The molecule has 2 heterocycles. The van der Waals surface area contributed by atoms with Crippen LogP contribution in [0.2, 0.25) is 0 Å². The van der Waals surface area contributed by atoms with Gasteiger partial charge in [0.25, 0.3) is 0 Å². The summed E-state index contributed by atoms with van der Waals surface area (Å²) >= 11 is 0. The standard InChI is InChI=1S/C23H24N4O3/c1-24-23(27-14-18-8-9-21-22(12-18)30-16-29-21)26-13-17-5-4-7-20(11-17)28-15-19-6-2-3-10-25-19/h2-12H,13-16H2,1H3,(H2,24,26,27). The summed E-state index contributed by atoms with van der Waals surface area (Å²) in [5.74, 6) is 3.09. The van der Waals surface area contributed by atoms with E-state index in [1.807, 2.05) is 60.7 Å². The fourth-order valence-corrected chi connectivity index (χ4v) is 3.03. The van der Waals surface area contributed by atoms with Gasteiger partial charge in [-0.3, -0.25) is 9.98 Å². The Balaban J connectivity index is 1.27. The summed E-state index contributed by atoms with van der Waals surface area (Å²) in [6.07, 6.45) is 1.77. The molecule has 1 aliphatic heterocycles. The molecule has 0 radical (unpaired) electrons. The molecule has 0 aliphatic carbocycles. The van der Waals surface area contributed by atoms with Crippen LogP contribution in [0.15, 0.2) is 71.9 Å². The first-order valence-electron chi connectivity index (χ1n) is 9.75. The molecule has 0 unspecified atom stereocenters. The number of ether oxygens (including phenoxy) is 3. The molecule has 3 aromatic rings. The number of nitrogens with zero attached hydrogens (tertiary/aromatic N) is 2. The lowest BCUT2D eigenvalue weighted by atomic mass is 10.2. The highest BCUT2D eigenvalue weighted by Crippen LogP contribution is 2.32. The van der Waals surface area contributed by atoms with Crippen LogP contribution in [0.1, 0.15) is 16.8 Å². The largest absolute Gasteiger partial charge is 0.487 e. The normalized spacial score (nSPS) is 12.5.